The smallest absolute Gasteiger partial charge is 0.222 e. The SMILES string of the molecule is CCCC(=O)N(CCC)Cc1ccc(OC)c(OC)c1. The van der Waals surface area contributed by atoms with Gasteiger partial charge in [-0.15, -0.1) is 0 Å². The Bertz CT molecular complexity index is 432. The van der Waals surface area contributed by atoms with Crippen LogP contribution in [0.25, 0.3) is 0 Å². The normalized spacial score (nSPS) is 10.2. The summed E-state index contributed by atoms with van der Waals surface area (Å²) in [5, 5.41) is 0. The first-order chi connectivity index (χ1) is 9.65. The lowest BCUT2D eigenvalue weighted by atomic mass is 10.1. The molecule has 0 atom stereocenters. The summed E-state index contributed by atoms with van der Waals surface area (Å²) in [6.45, 7) is 5.51. The van der Waals surface area contributed by atoms with Crippen LogP contribution in [0.3, 0.4) is 0 Å². The van der Waals surface area contributed by atoms with Crippen LogP contribution in [0.1, 0.15) is 38.7 Å². The Labute approximate surface area is 121 Å². The van der Waals surface area contributed by atoms with E-state index in [1.165, 1.54) is 0 Å². The highest BCUT2D eigenvalue weighted by atomic mass is 16.5. The lowest BCUT2D eigenvalue weighted by molar-refractivity contribution is -0.131. The second-order valence-electron chi connectivity index (χ2n) is 4.75. The zero-order valence-electron chi connectivity index (χ0n) is 12.9. The third kappa shape index (κ3) is 4.44. The van der Waals surface area contributed by atoms with Gasteiger partial charge < -0.3 is 14.4 Å². The molecule has 0 heterocycles. The lowest BCUT2D eigenvalue weighted by Crippen LogP contribution is -2.30. The van der Waals surface area contributed by atoms with Crippen molar-refractivity contribution in [1.29, 1.82) is 0 Å². The maximum Gasteiger partial charge on any atom is 0.222 e. The van der Waals surface area contributed by atoms with Crippen LogP contribution < -0.4 is 9.47 Å². The topological polar surface area (TPSA) is 38.8 Å². The van der Waals surface area contributed by atoms with E-state index in [9.17, 15) is 4.79 Å². The van der Waals surface area contributed by atoms with Gasteiger partial charge in [-0.25, -0.2) is 0 Å². The van der Waals surface area contributed by atoms with E-state index in [2.05, 4.69) is 6.92 Å². The molecule has 0 unspecified atom stereocenters. The van der Waals surface area contributed by atoms with Crippen LogP contribution in [0.5, 0.6) is 11.5 Å². The van der Waals surface area contributed by atoms with E-state index in [4.69, 9.17) is 9.47 Å². The molecule has 0 aliphatic heterocycles. The number of hydrogen-bond acceptors (Lipinski definition) is 3. The number of rotatable bonds is 8. The van der Waals surface area contributed by atoms with Gasteiger partial charge in [0.2, 0.25) is 5.91 Å². The maximum atomic E-state index is 12.1. The van der Waals surface area contributed by atoms with Gasteiger partial charge in [-0.2, -0.15) is 0 Å². The average Bonchev–Trinajstić information content (AvgIpc) is 2.46. The van der Waals surface area contributed by atoms with Crippen LogP contribution in [-0.4, -0.2) is 31.6 Å². The average molecular weight is 279 g/mol. The Kier molecular flexibility index (Phi) is 6.91. The van der Waals surface area contributed by atoms with Crippen LogP contribution in [0.2, 0.25) is 0 Å². The Morgan fingerprint density at radius 2 is 1.80 bits per heavy atom. The third-order valence-corrected chi connectivity index (χ3v) is 3.13. The molecule has 0 saturated carbocycles. The van der Waals surface area contributed by atoms with Crippen LogP contribution in [0.4, 0.5) is 0 Å². The highest BCUT2D eigenvalue weighted by Gasteiger charge is 2.13. The van der Waals surface area contributed by atoms with E-state index in [1.807, 2.05) is 30.0 Å². The summed E-state index contributed by atoms with van der Waals surface area (Å²) in [5.74, 6) is 1.62. The number of carbonyl (C=O) groups excluding carboxylic acids is 1. The molecule has 0 radical (unpaired) electrons. The third-order valence-electron chi connectivity index (χ3n) is 3.13. The molecule has 0 aliphatic carbocycles. The van der Waals surface area contributed by atoms with Crippen molar-refractivity contribution in [1.82, 2.24) is 4.90 Å². The van der Waals surface area contributed by atoms with E-state index in [0.717, 1.165) is 24.9 Å². The molecular formula is C16H25NO3. The molecule has 1 aromatic carbocycles. The van der Waals surface area contributed by atoms with Gasteiger partial charge in [-0.05, 0) is 30.5 Å². The predicted octanol–water partition coefficient (Wildman–Crippen LogP) is 3.24. The van der Waals surface area contributed by atoms with Gasteiger partial charge in [0.25, 0.3) is 0 Å². The molecule has 4 heteroatoms. The molecule has 0 N–H and O–H groups in total. The summed E-state index contributed by atoms with van der Waals surface area (Å²) in [5.41, 5.74) is 1.06. The van der Waals surface area contributed by atoms with Gasteiger partial charge in [-0.1, -0.05) is 19.9 Å². The molecule has 0 aromatic heterocycles. The van der Waals surface area contributed by atoms with Gasteiger partial charge in [-0.3, -0.25) is 4.79 Å². The standard InChI is InChI=1S/C16H25NO3/c1-5-7-16(18)17(10-6-2)12-13-8-9-14(19-3)15(11-13)20-4/h8-9,11H,5-7,10,12H2,1-4H3. The lowest BCUT2D eigenvalue weighted by Gasteiger charge is -2.22. The van der Waals surface area contributed by atoms with Crippen molar-refractivity contribution in [3.05, 3.63) is 23.8 Å². The highest BCUT2D eigenvalue weighted by Crippen LogP contribution is 2.28. The molecule has 112 valence electrons. The summed E-state index contributed by atoms with van der Waals surface area (Å²) < 4.78 is 10.5. The van der Waals surface area contributed by atoms with Crippen molar-refractivity contribution >= 4 is 5.91 Å². The van der Waals surface area contributed by atoms with Crippen LogP contribution in [0.15, 0.2) is 18.2 Å². The number of nitrogens with zero attached hydrogens (tertiary/aromatic N) is 1. The fourth-order valence-corrected chi connectivity index (χ4v) is 2.13. The molecule has 20 heavy (non-hydrogen) atoms. The molecule has 1 rings (SSSR count). The summed E-state index contributed by atoms with van der Waals surface area (Å²) in [4.78, 5) is 14.0. The number of ether oxygens (including phenoxy) is 2. The predicted molar refractivity (Wildman–Crippen MR) is 80.2 cm³/mol. The van der Waals surface area contributed by atoms with Crippen molar-refractivity contribution in [3.8, 4) is 11.5 Å². The fourth-order valence-electron chi connectivity index (χ4n) is 2.13. The Morgan fingerprint density at radius 3 is 2.35 bits per heavy atom. The minimum Gasteiger partial charge on any atom is -0.493 e. The first-order valence-corrected chi connectivity index (χ1v) is 7.14. The zero-order chi connectivity index (χ0) is 15.0. The molecule has 1 amide bonds. The second kappa shape index (κ2) is 8.46. The number of amides is 1. The van der Waals surface area contributed by atoms with E-state index in [0.29, 0.717) is 24.5 Å². The molecular weight excluding hydrogens is 254 g/mol. The van der Waals surface area contributed by atoms with Crippen molar-refractivity contribution in [2.24, 2.45) is 0 Å². The minimum absolute atomic E-state index is 0.212. The first-order valence-electron chi connectivity index (χ1n) is 7.14. The molecule has 0 fully saturated rings. The summed E-state index contributed by atoms with van der Waals surface area (Å²) >= 11 is 0. The quantitative estimate of drug-likeness (QED) is 0.733. The van der Waals surface area contributed by atoms with Gasteiger partial charge in [0.1, 0.15) is 0 Å². The van der Waals surface area contributed by atoms with Crippen molar-refractivity contribution < 1.29 is 14.3 Å². The van der Waals surface area contributed by atoms with Crippen molar-refractivity contribution in [3.63, 3.8) is 0 Å². The van der Waals surface area contributed by atoms with E-state index in [-0.39, 0.29) is 5.91 Å². The van der Waals surface area contributed by atoms with Crippen LogP contribution >= 0.6 is 0 Å². The number of carbonyl (C=O) groups is 1. The fraction of sp³-hybridized carbons (Fsp3) is 0.562. The van der Waals surface area contributed by atoms with Gasteiger partial charge in [0, 0.05) is 19.5 Å². The summed E-state index contributed by atoms with van der Waals surface area (Å²) in [7, 11) is 3.24. The molecule has 0 aliphatic rings. The molecule has 0 saturated heterocycles. The summed E-state index contributed by atoms with van der Waals surface area (Å²) in [6, 6.07) is 5.78. The number of methoxy groups -OCH3 is 2. The van der Waals surface area contributed by atoms with E-state index >= 15 is 0 Å². The maximum absolute atomic E-state index is 12.1. The van der Waals surface area contributed by atoms with Gasteiger partial charge in [0.15, 0.2) is 11.5 Å². The zero-order valence-corrected chi connectivity index (χ0v) is 12.9. The van der Waals surface area contributed by atoms with E-state index < -0.39 is 0 Å². The van der Waals surface area contributed by atoms with Gasteiger partial charge >= 0.3 is 0 Å². The van der Waals surface area contributed by atoms with Gasteiger partial charge in [0.05, 0.1) is 14.2 Å². The minimum atomic E-state index is 0.212. The largest absolute Gasteiger partial charge is 0.493 e. The molecule has 0 spiro atoms. The Morgan fingerprint density at radius 1 is 1.10 bits per heavy atom. The molecule has 4 nitrogen and oxygen atoms in total. The van der Waals surface area contributed by atoms with E-state index in [1.54, 1.807) is 14.2 Å². The second-order valence-corrected chi connectivity index (χ2v) is 4.75. The van der Waals surface area contributed by atoms with Crippen LogP contribution in [-0.2, 0) is 11.3 Å². The monoisotopic (exact) mass is 279 g/mol. The highest BCUT2D eigenvalue weighted by molar-refractivity contribution is 5.76. The van der Waals surface area contributed by atoms with Crippen LogP contribution in [0, 0.1) is 0 Å². The molecule has 1 aromatic rings. The first kappa shape index (κ1) is 16.3. The number of hydrogen-bond donors (Lipinski definition) is 0. The Balaban J connectivity index is 2.85. The Hall–Kier alpha value is -1.71. The summed E-state index contributed by atoms with van der Waals surface area (Å²) in [6.07, 6.45) is 2.45. The number of benzene rings is 1. The van der Waals surface area contributed by atoms with Crippen molar-refractivity contribution in [2.75, 3.05) is 20.8 Å². The molecule has 0 bridgehead atoms. The van der Waals surface area contributed by atoms with Crippen molar-refractivity contribution in [2.45, 2.75) is 39.7 Å².